The van der Waals surface area contributed by atoms with Crippen molar-refractivity contribution >= 4 is 23.2 Å². The molecule has 112 valence electrons. The van der Waals surface area contributed by atoms with Gasteiger partial charge in [0, 0.05) is 22.3 Å². The second kappa shape index (κ2) is 7.64. The molecule has 1 heterocycles. The van der Waals surface area contributed by atoms with Gasteiger partial charge in [0.05, 0.1) is 13.3 Å². The Hall–Kier alpha value is -1.29. The summed E-state index contributed by atoms with van der Waals surface area (Å²) in [7, 11) is 1.64. The predicted molar refractivity (Wildman–Crippen MR) is 87.4 cm³/mol. The SMILES string of the molecule is CCNC(Cc1ccc(Cl)cc1Cl)c1cncc(OC)c1. The Balaban J connectivity index is 2.25. The van der Waals surface area contributed by atoms with E-state index in [-0.39, 0.29) is 6.04 Å². The summed E-state index contributed by atoms with van der Waals surface area (Å²) in [6.07, 6.45) is 4.31. The lowest BCUT2D eigenvalue weighted by atomic mass is 10.00. The number of pyridine rings is 1. The van der Waals surface area contributed by atoms with E-state index in [1.807, 2.05) is 24.4 Å². The van der Waals surface area contributed by atoms with Gasteiger partial charge >= 0.3 is 0 Å². The smallest absolute Gasteiger partial charge is 0.137 e. The van der Waals surface area contributed by atoms with Crippen molar-refractivity contribution < 1.29 is 4.74 Å². The van der Waals surface area contributed by atoms with Crippen molar-refractivity contribution in [2.75, 3.05) is 13.7 Å². The zero-order valence-electron chi connectivity index (χ0n) is 12.1. The molecule has 0 fully saturated rings. The summed E-state index contributed by atoms with van der Waals surface area (Å²) < 4.78 is 5.24. The van der Waals surface area contributed by atoms with E-state index >= 15 is 0 Å². The van der Waals surface area contributed by atoms with Crippen LogP contribution in [-0.2, 0) is 6.42 Å². The average Bonchev–Trinajstić information content (AvgIpc) is 2.49. The molecule has 3 nitrogen and oxygen atoms in total. The average molecular weight is 325 g/mol. The lowest BCUT2D eigenvalue weighted by Gasteiger charge is -2.19. The van der Waals surface area contributed by atoms with Crippen molar-refractivity contribution in [1.29, 1.82) is 0 Å². The van der Waals surface area contributed by atoms with E-state index in [1.54, 1.807) is 19.4 Å². The summed E-state index contributed by atoms with van der Waals surface area (Å²) in [4.78, 5) is 4.22. The molecule has 21 heavy (non-hydrogen) atoms. The first-order valence-corrected chi connectivity index (χ1v) is 7.56. The predicted octanol–water partition coefficient (Wildman–Crippen LogP) is 4.29. The van der Waals surface area contributed by atoms with Crippen LogP contribution in [0.25, 0.3) is 0 Å². The Morgan fingerprint density at radius 3 is 2.71 bits per heavy atom. The molecule has 1 unspecified atom stereocenters. The molecule has 0 spiro atoms. The maximum Gasteiger partial charge on any atom is 0.137 e. The number of nitrogens with zero attached hydrogens (tertiary/aromatic N) is 1. The largest absolute Gasteiger partial charge is 0.495 e. The molecule has 5 heteroatoms. The third kappa shape index (κ3) is 4.34. The summed E-state index contributed by atoms with van der Waals surface area (Å²) in [5.41, 5.74) is 2.12. The summed E-state index contributed by atoms with van der Waals surface area (Å²) in [5, 5.41) is 4.78. The van der Waals surface area contributed by atoms with Crippen LogP contribution in [0.3, 0.4) is 0 Å². The number of nitrogens with one attached hydrogen (secondary N) is 1. The minimum atomic E-state index is 0.122. The fourth-order valence-electron chi connectivity index (χ4n) is 2.20. The first-order chi connectivity index (χ1) is 10.1. The minimum Gasteiger partial charge on any atom is -0.495 e. The van der Waals surface area contributed by atoms with Crippen LogP contribution in [0.5, 0.6) is 5.75 Å². The molecule has 1 atom stereocenters. The highest BCUT2D eigenvalue weighted by Gasteiger charge is 2.14. The molecule has 0 amide bonds. The zero-order valence-corrected chi connectivity index (χ0v) is 13.6. The lowest BCUT2D eigenvalue weighted by molar-refractivity contribution is 0.410. The van der Waals surface area contributed by atoms with Crippen molar-refractivity contribution in [3.63, 3.8) is 0 Å². The van der Waals surface area contributed by atoms with Crippen molar-refractivity contribution in [3.05, 3.63) is 57.8 Å². The lowest BCUT2D eigenvalue weighted by Crippen LogP contribution is -2.23. The normalized spacial score (nSPS) is 12.2. The Morgan fingerprint density at radius 1 is 1.24 bits per heavy atom. The van der Waals surface area contributed by atoms with Crippen LogP contribution in [0, 0.1) is 0 Å². The monoisotopic (exact) mass is 324 g/mol. The fraction of sp³-hybridized carbons (Fsp3) is 0.312. The summed E-state index contributed by atoms with van der Waals surface area (Å²) in [6.45, 7) is 2.93. The highest BCUT2D eigenvalue weighted by Crippen LogP contribution is 2.27. The minimum absolute atomic E-state index is 0.122. The molecule has 0 aliphatic heterocycles. The van der Waals surface area contributed by atoms with Crippen LogP contribution in [0.15, 0.2) is 36.7 Å². The number of hydrogen-bond donors (Lipinski definition) is 1. The molecule has 2 rings (SSSR count). The molecule has 0 bridgehead atoms. The van der Waals surface area contributed by atoms with E-state index in [2.05, 4.69) is 17.2 Å². The number of methoxy groups -OCH3 is 1. The van der Waals surface area contributed by atoms with Crippen LogP contribution in [0.1, 0.15) is 24.1 Å². The van der Waals surface area contributed by atoms with Crippen molar-refractivity contribution in [3.8, 4) is 5.75 Å². The topological polar surface area (TPSA) is 34.2 Å². The number of likely N-dealkylation sites (N-methyl/N-ethyl adjacent to an activating group) is 1. The van der Waals surface area contributed by atoms with E-state index in [0.29, 0.717) is 10.0 Å². The number of halogens is 2. The van der Waals surface area contributed by atoms with E-state index in [9.17, 15) is 0 Å². The van der Waals surface area contributed by atoms with Gasteiger partial charge in [-0.15, -0.1) is 0 Å². The molecule has 0 aliphatic carbocycles. The first kappa shape index (κ1) is 16.1. The molecule has 0 saturated heterocycles. The van der Waals surface area contributed by atoms with Crippen molar-refractivity contribution in [2.45, 2.75) is 19.4 Å². The molecule has 1 N–H and O–H groups in total. The Kier molecular flexibility index (Phi) is 5.85. The second-order valence-corrected chi connectivity index (χ2v) is 5.55. The zero-order chi connectivity index (χ0) is 15.2. The molecule has 0 radical (unpaired) electrons. The summed E-state index contributed by atoms with van der Waals surface area (Å²) >= 11 is 12.2. The Morgan fingerprint density at radius 2 is 2.05 bits per heavy atom. The van der Waals surface area contributed by atoms with Gasteiger partial charge in [0.25, 0.3) is 0 Å². The number of rotatable bonds is 6. The molecular formula is C16H18Cl2N2O. The van der Waals surface area contributed by atoms with Crippen molar-refractivity contribution in [2.24, 2.45) is 0 Å². The van der Waals surface area contributed by atoms with Gasteiger partial charge in [-0.05, 0) is 42.3 Å². The molecule has 1 aromatic carbocycles. The van der Waals surface area contributed by atoms with E-state index < -0.39 is 0 Å². The summed E-state index contributed by atoms with van der Waals surface area (Å²) in [5.74, 6) is 0.748. The van der Waals surface area contributed by atoms with Gasteiger partial charge in [-0.3, -0.25) is 4.98 Å². The molecule has 0 aliphatic rings. The van der Waals surface area contributed by atoms with E-state index in [1.165, 1.54) is 0 Å². The fourth-order valence-corrected chi connectivity index (χ4v) is 2.68. The Labute approximate surface area is 135 Å². The van der Waals surface area contributed by atoms with Gasteiger partial charge in [-0.2, -0.15) is 0 Å². The van der Waals surface area contributed by atoms with Gasteiger partial charge in [0.2, 0.25) is 0 Å². The van der Waals surface area contributed by atoms with Gasteiger partial charge in [0.15, 0.2) is 0 Å². The first-order valence-electron chi connectivity index (χ1n) is 6.80. The third-order valence-electron chi connectivity index (χ3n) is 3.26. The van der Waals surface area contributed by atoms with Gasteiger partial charge in [0.1, 0.15) is 5.75 Å². The summed E-state index contributed by atoms with van der Waals surface area (Å²) in [6, 6.07) is 7.70. The number of ether oxygens (including phenoxy) is 1. The molecule has 2 aromatic rings. The van der Waals surface area contributed by atoms with Gasteiger partial charge in [-0.25, -0.2) is 0 Å². The van der Waals surface area contributed by atoms with Crippen LogP contribution in [-0.4, -0.2) is 18.6 Å². The highest BCUT2D eigenvalue weighted by molar-refractivity contribution is 6.35. The Bertz CT molecular complexity index is 605. The second-order valence-electron chi connectivity index (χ2n) is 4.71. The van der Waals surface area contributed by atoms with Crippen LogP contribution < -0.4 is 10.1 Å². The molecule has 0 saturated carbocycles. The third-order valence-corrected chi connectivity index (χ3v) is 3.85. The van der Waals surface area contributed by atoms with Crippen LogP contribution in [0.4, 0.5) is 0 Å². The van der Waals surface area contributed by atoms with Crippen molar-refractivity contribution in [1.82, 2.24) is 10.3 Å². The highest BCUT2D eigenvalue weighted by atomic mass is 35.5. The number of hydrogen-bond acceptors (Lipinski definition) is 3. The standard InChI is InChI=1S/C16H18Cl2N2O/c1-3-20-16(12-6-14(21-2)10-19-9-12)7-11-4-5-13(17)8-15(11)18/h4-6,8-10,16,20H,3,7H2,1-2H3. The van der Waals surface area contributed by atoms with Gasteiger partial charge < -0.3 is 10.1 Å². The van der Waals surface area contributed by atoms with E-state index in [4.69, 9.17) is 27.9 Å². The number of aromatic nitrogens is 1. The maximum absolute atomic E-state index is 6.27. The van der Waals surface area contributed by atoms with E-state index in [0.717, 1.165) is 29.8 Å². The van der Waals surface area contributed by atoms with Gasteiger partial charge in [-0.1, -0.05) is 36.2 Å². The quantitative estimate of drug-likeness (QED) is 0.860. The van der Waals surface area contributed by atoms with Crippen LogP contribution in [0.2, 0.25) is 10.0 Å². The maximum atomic E-state index is 6.27. The van der Waals surface area contributed by atoms with Crippen LogP contribution >= 0.6 is 23.2 Å². The number of benzene rings is 1. The molecule has 1 aromatic heterocycles. The molecular weight excluding hydrogens is 307 g/mol.